The van der Waals surface area contributed by atoms with Crippen molar-refractivity contribution in [1.29, 1.82) is 0 Å². The van der Waals surface area contributed by atoms with Gasteiger partial charge in [0.2, 0.25) is 10.0 Å². The van der Waals surface area contributed by atoms with Gasteiger partial charge in [-0.05, 0) is 6.07 Å². The molecule has 3 rings (SSSR count). The fourth-order valence-corrected chi connectivity index (χ4v) is 2.55. The van der Waals surface area contributed by atoms with Crippen LogP contribution in [0.3, 0.4) is 0 Å². The summed E-state index contributed by atoms with van der Waals surface area (Å²) < 4.78 is 27.8. The fraction of sp³-hybridized carbons (Fsp3) is 0.308. The molecule has 3 aromatic heterocycles. The molecule has 0 aromatic carbocycles. The van der Waals surface area contributed by atoms with E-state index >= 15 is 0 Å². The number of hydrogen-bond acceptors (Lipinski definition) is 5. The largest absolute Gasteiger partial charge is 0.330 e. The van der Waals surface area contributed by atoms with Crippen molar-refractivity contribution in [3.8, 4) is 11.4 Å². The third-order valence-electron chi connectivity index (χ3n) is 3.46. The van der Waals surface area contributed by atoms with Gasteiger partial charge in [0.1, 0.15) is 5.82 Å². The molecular formula is C13H16N6O2S. The number of imidazole rings is 1. The van der Waals surface area contributed by atoms with Crippen LogP contribution in [0.1, 0.15) is 0 Å². The molecule has 22 heavy (non-hydrogen) atoms. The van der Waals surface area contributed by atoms with Gasteiger partial charge in [0.25, 0.3) is 0 Å². The zero-order valence-corrected chi connectivity index (χ0v) is 13.1. The number of hydrogen-bond donors (Lipinski definition) is 0. The van der Waals surface area contributed by atoms with Crippen LogP contribution in [-0.4, -0.2) is 56.7 Å². The smallest absolute Gasteiger partial charge is 0.211 e. The third kappa shape index (κ3) is 2.72. The van der Waals surface area contributed by atoms with E-state index in [-0.39, 0.29) is 0 Å². The Bertz CT molecular complexity index is 898. The Balaban J connectivity index is 1.90. The standard InChI is InChI=1S/C13H16N6O2S/c1-17(22(2,20)21)8-9-18-7-5-15-12(18)11-10-16-19-6-3-4-14-13(11)19/h3-7,10H,8-9H2,1-2H3. The van der Waals surface area contributed by atoms with Crippen LogP contribution in [0.15, 0.2) is 37.1 Å². The number of aromatic nitrogens is 5. The van der Waals surface area contributed by atoms with Crippen molar-refractivity contribution in [1.82, 2.24) is 28.5 Å². The number of nitrogens with zero attached hydrogens (tertiary/aromatic N) is 6. The second-order valence-electron chi connectivity index (χ2n) is 4.97. The van der Waals surface area contributed by atoms with Crippen LogP contribution in [0.4, 0.5) is 0 Å². The summed E-state index contributed by atoms with van der Waals surface area (Å²) in [5.74, 6) is 0.718. The Morgan fingerprint density at radius 3 is 2.82 bits per heavy atom. The molecule has 0 bridgehead atoms. The van der Waals surface area contributed by atoms with E-state index in [1.165, 1.54) is 10.6 Å². The first-order chi connectivity index (χ1) is 10.5. The van der Waals surface area contributed by atoms with Crippen LogP contribution in [0.5, 0.6) is 0 Å². The molecule has 0 aliphatic rings. The molecule has 0 saturated heterocycles. The van der Waals surface area contributed by atoms with Crippen molar-refractivity contribution in [3.05, 3.63) is 37.1 Å². The highest BCUT2D eigenvalue weighted by molar-refractivity contribution is 7.88. The maximum absolute atomic E-state index is 11.5. The predicted molar refractivity (Wildman–Crippen MR) is 81.7 cm³/mol. The number of rotatable bonds is 5. The third-order valence-corrected chi connectivity index (χ3v) is 4.77. The van der Waals surface area contributed by atoms with Crippen molar-refractivity contribution in [2.45, 2.75) is 6.54 Å². The average Bonchev–Trinajstić information content (AvgIpc) is 3.09. The molecule has 0 fully saturated rings. The van der Waals surface area contributed by atoms with Crippen molar-refractivity contribution in [3.63, 3.8) is 0 Å². The number of sulfonamides is 1. The normalized spacial score (nSPS) is 12.3. The lowest BCUT2D eigenvalue weighted by Crippen LogP contribution is -2.29. The van der Waals surface area contributed by atoms with E-state index in [1.807, 2.05) is 17.0 Å². The Morgan fingerprint density at radius 1 is 1.23 bits per heavy atom. The summed E-state index contributed by atoms with van der Waals surface area (Å²) in [7, 11) is -1.63. The van der Waals surface area contributed by atoms with Gasteiger partial charge in [-0.2, -0.15) is 5.10 Å². The molecule has 0 N–H and O–H groups in total. The first kappa shape index (κ1) is 14.7. The highest BCUT2D eigenvalue weighted by Crippen LogP contribution is 2.21. The van der Waals surface area contributed by atoms with Gasteiger partial charge in [-0.15, -0.1) is 0 Å². The van der Waals surface area contributed by atoms with E-state index in [1.54, 1.807) is 36.2 Å². The summed E-state index contributed by atoms with van der Waals surface area (Å²) in [4.78, 5) is 8.66. The highest BCUT2D eigenvalue weighted by atomic mass is 32.2. The summed E-state index contributed by atoms with van der Waals surface area (Å²) in [5, 5.41) is 4.24. The van der Waals surface area contributed by atoms with E-state index < -0.39 is 10.0 Å². The van der Waals surface area contributed by atoms with Crippen LogP contribution in [0.25, 0.3) is 17.0 Å². The van der Waals surface area contributed by atoms with Gasteiger partial charge in [0.05, 0.1) is 18.0 Å². The molecule has 3 heterocycles. The fourth-order valence-electron chi connectivity index (χ4n) is 2.13. The van der Waals surface area contributed by atoms with Gasteiger partial charge in [0.15, 0.2) is 5.65 Å². The second-order valence-corrected chi connectivity index (χ2v) is 7.06. The lowest BCUT2D eigenvalue weighted by atomic mass is 10.3. The summed E-state index contributed by atoms with van der Waals surface area (Å²) in [6.07, 6.45) is 9.92. The average molecular weight is 320 g/mol. The lowest BCUT2D eigenvalue weighted by molar-refractivity contribution is 0.451. The topological polar surface area (TPSA) is 85.4 Å². The number of likely N-dealkylation sites (N-methyl/N-ethyl adjacent to an activating group) is 1. The molecule has 0 aliphatic heterocycles. The molecule has 0 unspecified atom stereocenters. The maximum Gasteiger partial charge on any atom is 0.211 e. The quantitative estimate of drug-likeness (QED) is 0.683. The Morgan fingerprint density at radius 2 is 2.05 bits per heavy atom. The minimum Gasteiger partial charge on any atom is -0.330 e. The Kier molecular flexibility index (Phi) is 3.67. The molecular weight excluding hydrogens is 304 g/mol. The molecule has 8 nitrogen and oxygen atoms in total. The molecule has 116 valence electrons. The van der Waals surface area contributed by atoms with E-state index in [2.05, 4.69) is 15.1 Å². The van der Waals surface area contributed by atoms with Crippen molar-refractivity contribution in [2.24, 2.45) is 0 Å². The van der Waals surface area contributed by atoms with E-state index in [9.17, 15) is 8.42 Å². The summed E-state index contributed by atoms with van der Waals surface area (Å²) in [6, 6.07) is 1.80. The molecule has 3 aromatic rings. The van der Waals surface area contributed by atoms with E-state index in [4.69, 9.17) is 0 Å². The SMILES string of the molecule is CN(CCn1ccnc1-c1cnn2cccnc12)S(C)(=O)=O. The van der Waals surface area contributed by atoms with Crippen molar-refractivity contribution >= 4 is 15.7 Å². The number of fused-ring (bicyclic) bond motifs is 1. The monoisotopic (exact) mass is 320 g/mol. The van der Waals surface area contributed by atoms with Crippen molar-refractivity contribution < 1.29 is 8.42 Å². The van der Waals surface area contributed by atoms with E-state index in [0.717, 1.165) is 11.4 Å². The molecule has 0 aliphatic carbocycles. The highest BCUT2D eigenvalue weighted by Gasteiger charge is 2.15. The van der Waals surface area contributed by atoms with E-state index in [0.29, 0.717) is 18.7 Å². The molecule has 0 saturated carbocycles. The van der Waals surface area contributed by atoms with Crippen LogP contribution >= 0.6 is 0 Å². The molecule has 9 heteroatoms. The predicted octanol–water partition coefficient (Wildman–Crippen LogP) is 0.484. The minimum atomic E-state index is -3.19. The summed E-state index contributed by atoms with van der Waals surface area (Å²) >= 11 is 0. The van der Waals surface area contributed by atoms with Crippen LogP contribution in [-0.2, 0) is 16.6 Å². The van der Waals surface area contributed by atoms with Gasteiger partial charge in [-0.3, -0.25) is 0 Å². The zero-order chi connectivity index (χ0) is 15.7. The van der Waals surface area contributed by atoms with Gasteiger partial charge < -0.3 is 4.57 Å². The Hall–Kier alpha value is -2.26. The zero-order valence-electron chi connectivity index (χ0n) is 12.3. The van der Waals surface area contributed by atoms with Crippen molar-refractivity contribution in [2.75, 3.05) is 19.8 Å². The lowest BCUT2D eigenvalue weighted by Gasteiger charge is -2.15. The van der Waals surface area contributed by atoms with Gasteiger partial charge >= 0.3 is 0 Å². The minimum absolute atomic E-state index is 0.370. The first-order valence-corrected chi connectivity index (χ1v) is 8.53. The summed E-state index contributed by atoms with van der Waals surface area (Å²) in [6.45, 7) is 0.873. The molecule has 0 spiro atoms. The van der Waals surface area contributed by atoms with Gasteiger partial charge in [0, 0.05) is 44.9 Å². The molecule has 0 atom stereocenters. The first-order valence-electron chi connectivity index (χ1n) is 6.68. The summed E-state index contributed by atoms with van der Waals surface area (Å²) in [5.41, 5.74) is 1.53. The van der Waals surface area contributed by atoms with Crippen LogP contribution in [0.2, 0.25) is 0 Å². The maximum atomic E-state index is 11.5. The Labute approximate surface area is 128 Å². The van der Waals surface area contributed by atoms with Crippen LogP contribution < -0.4 is 0 Å². The van der Waals surface area contributed by atoms with Gasteiger partial charge in [-0.25, -0.2) is 27.2 Å². The second kappa shape index (κ2) is 5.50. The molecule has 0 radical (unpaired) electrons. The van der Waals surface area contributed by atoms with Crippen LogP contribution in [0, 0.1) is 0 Å². The van der Waals surface area contributed by atoms with Gasteiger partial charge in [-0.1, -0.05) is 0 Å². The molecule has 0 amide bonds.